The molecule has 0 aliphatic carbocycles. The summed E-state index contributed by atoms with van der Waals surface area (Å²) < 4.78 is 11.0. The van der Waals surface area contributed by atoms with E-state index in [2.05, 4.69) is 0 Å². The van der Waals surface area contributed by atoms with Gasteiger partial charge in [-0.15, -0.1) is 0 Å². The number of hydrogen-bond acceptors (Lipinski definition) is 4. The minimum absolute atomic E-state index is 0.0540. The molecule has 2 aliphatic heterocycles. The lowest BCUT2D eigenvalue weighted by Gasteiger charge is -2.19. The second-order valence-electron chi connectivity index (χ2n) is 6.77. The van der Waals surface area contributed by atoms with Crippen LogP contribution in [0.4, 0.5) is 0 Å². The molecule has 5 heteroatoms. The molecule has 1 saturated heterocycles. The van der Waals surface area contributed by atoms with Crippen LogP contribution < -0.4 is 19.5 Å². The third-order valence-electron chi connectivity index (χ3n) is 5.05. The molecule has 5 nitrogen and oxygen atoms in total. The van der Waals surface area contributed by atoms with E-state index in [-0.39, 0.29) is 17.3 Å². The Balaban J connectivity index is 1.64. The van der Waals surface area contributed by atoms with Gasteiger partial charge in [-0.2, -0.15) is 0 Å². The summed E-state index contributed by atoms with van der Waals surface area (Å²) in [6.45, 7) is 2.74. The fraction of sp³-hybridized carbons (Fsp3) is 0.286. The summed E-state index contributed by atoms with van der Waals surface area (Å²) in [6.07, 6.45) is 4.07. The van der Waals surface area contributed by atoms with Crippen LogP contribution in [0.15, 0.2) is 42.2 Å². The largest absolute Gasteiger partial charge is 0.872 e. The van der Waals surface area contributed by atoms with Gasteiger partial charge < -0.3 is 19.5 Å². The SMILES string of the molecule is COc1ccc(C=C2Oc3c(ccc([O-])c3C[NH+]3CCCC3)C2=O)cc1. The molecule has 0 amide bonds. The standard InChI is InChI=1S/C21H21NO4/c1-25-15-6-4-14(5-7-15)12-19-20(24)16-8-9-18(23)17(21(16)26-19)13-22-10-2-3-11-22/h4-9,12,23H,2-3,10-11,13H2,1H3. The molecule has 0 aromatic heterocycles. The van der Waals surface area contributed by atoms with Crippen molar-refractivity contribution < 1.29 is 24.3 Å². The highest BCUT2D eigenvalue weighted by molar-refractivity contribution is 6.14. The number of benzene rings is 2. The molecule has 0 atom stereocenters. The molecule has 2 aliphatic rings. The number of rotatable bonds is 4. The predicted octanol–water partition coefficient (Wildman–Crippen LogP) is 1.56. The van der Waals surface area contributed by atoms with Crippen molar-refractivity contribution in [2.75, 3.05) is 20.2 Å². The van der Waals surface area contributed by atoms with Crippen LogP contribution in [0.2, 0.25) is 0 Å². The second-order valence-corrected chi connectivity index (χ2v) is 6.77. The Bertz CT molecular complexity index is 864. The third kappa shape index (κ3) is 3.06. The van der Waals surface area contributed by atoms with Gasteiger partial charge in [0.15, 0.2) is 5.76 Å². The van der Waals surface area contributed by atoms with Crippen molar-refractivity contribution in [2.45, 2.75) is 19.4 Å². The van der Waals surface area contributed by atoms with E-state index in [9.17, 15) is 9.90 Å². The predicted molar refractivity (Wildman–Crippen MR) is 95.5 cm³/mol. The van der Waals surface area contributed by atoms with E-state index < -0.39 is 0 Å². The zero-order valence-electron chi connectivity index (χ0n) is 14.7. The maximum atomic E-state index is 12.7. The number of methoxy groups -OCH3 is 1. The minimum atomic E-state index is -0.173. The molecule has 0 spiro atoms. The molecular formula is C21H21NO4. The van der Waals surface area contributed by atoms with Crippen molar-refractivity contribution >= 4 is 11.9 Å². The zero-order valence-corrected chi connectivity index (χ0v) is 14.7. The molecule has 0 radical (unpaired) electrons. The van der Waals surface area contributed by atoms with Gasteiger partial charge in [-0.1, -0.05) is 23.9 Å². The van der Waals surface area contributed by atoms with Gasteiger partial charge in [0.05, 0.1) is 25.8 Å². The minimum Gasteiger partial charge on any atom is -0.872 e. The maximum Gasteiger partial charge on any atom is 0.231 e. The van der Waals surface area contributed by atoms with Crippen molar-refractivity contribution in [1.29, 1.82) is 0 Å². The molecule has 2 aromatic carbocycles. The Labute approximate surface area is 152 Å². The normalized spacial score (nSPS) is 18.2. The van der Waals surface area contributed by atoms with E-state index >= 15 is 0 Å². The number of ether oxygens (including phenoxy) is 2. The van der Waals surface area contributed by atoms with Gasteiger partial charge in [0.2, 0.25) is 5.78 Å². The summed E-state index contributed by atoms with van der Waals surface area (Å²) in [5.41, 5.74) is 1.94. The first-order valence-electron chi connectivity index (χ1n) is 8.90. The fourth-order valence-corrected chi connectivity index (χ4v) is 3.61. The number of hydrogen-bond donors (Lipinski definition) is 1. The monoisotopic (exact) mass is 351 g/mol. The Morgan fingerprint density at radius 2 is 1.88 bits per heavy atom. The third-order valence-corrected chi connectivity index (χ3v) is 5.05. The molecule has 0 saturated carbocycles. The fourth-order valence-electron chi connectivity index (χ4n) is 3.61. The summed E-state index contributed by atoms with van der Waals surface area (Å²) in [6, 6.07) is 10.5. The molecule has 0 bridgehead atoms. The van der Waals surface area contributed by atoms with Gasteiger partial charge in [0.25, 0.3) is 0 Å². The van der Waals surface area contributed by atoms with Gasteiger partial charge >= 0.3 is 0 Å². The van der Waals surface area contributed by atoms with E-state index in [0.717, 1.165) is 24.4 Å². The van der Waals surface area contributed by atoms with E-state index in [1.54, 1.807) is 19.3 Å². The first-order chi connectivity index (χ1) is 12.7. The quantitative estimate of drug-likeness (QED) is 0.850. The number of carbonyl (C=O) groups is 1. The van der Waals surface area contributed by atoms with Gasteiger partial charge in [0, 0.05) is 18.4 Å². The molecule has 1 N–H and O–H groups in total. The van der Waals surface area contributed by atoms with Crippen LogP contribution in [0.3, 0.4) is 0 Å². The Hall–Kier alpha value is -2.79. The zero-order chi connectivity index (χ0) is 18.1. The molecule has 1 fully saturated rings. The number of carbonyl (C=O) groups excluding carboxylic acids is 1. The maximum absolute atomic E-state index is 12.7. The lowest BCUT2D eigenvalue weighted by molar-refractivity contribution is -0.901. The number of Topliss-reactive ketones (excluding diaryl/α,β-unsaturated/α-hetero) is 1. The van der Waals surface area contributed by atoms with Crippen molar-refractivity contribution in [3.8, 4) is 17.2 Å². The molecule has 26 heavy (non-hydrogen) atoms. The van der Waals surface area contributed by atoms with E-state index in [1.807, 2.05) is 24.3 Å². The Kier molecular flexibility index (Phi) is 4.39. The van der Waals surface area contributed by atoms with Crippen molar-refractivity contribution in [1.82, 2.24) is 0 Å². The summed E-state index contributed by atoms with van der Waals surface area (Å²) in [5.74, 6) is 1.23. The average Bonchev–Trinajstić information content (AvgIpc) is 3.27. The first kappa shape index (κ1) is 16.7. The van der Waals surface area contributed by atoms with Crippen LogP contribution in [-0.2, 0) is 6.54 Å². The average molecular weight is 351 g/mol. The van der Waals surface area contributed by atoms with Crippen LogP contribution in [0.5, 0.6) is 17.2 Å². The Morgan fingerprint density at radius 1 is 1.15 bits per heavy atom. The van der Waals surface area contributed by atoms with Crippen LogP contribution in [0.1, 0.15) is 34.3 Å². The number of nitrogens with one attached hydrogen (secondary N) is 1. The van der Waals surface area contributed by atoms with E-state index in [4.69, 9.17) is 9.47 Å². The van der Waals surface area contributed by atoms with Crippen molar-refractivity contribution in [3.05, 3.63) is 58.8 Å². The second kappa shape index (κ2) is 6.84. The summed E-state index contributed by atoms with van der Waals surface area (Å²) in [7, 11) is 1.61. The molecule has 134 valence electrons. The lowest BCUT2D eigenvalue weighted by atomic mass is 10.0. The van der Waals surface area contributed by atoms with Crippen molar-refractivity contribution in [2.24, 2.45) is 0 Å². The van der Waals surface area contributed by atoms with Crippen LogP contribution in [-0.4, -0.2) is 26.0 Å². The molecule has 4 rings (SSSR count). The van der Waals surface area contributed by atoms with E-state index in [0.29, 0.717) is 23.4 Å². The topological polar surface area (TPSA) is 63.0 Å². The first-order valence-corrected chi connectivity index (χ1v) is 8.90. The van der Waals surface area contributed by atoms with Gasteiger partial charge in [-0.25, -0.2) is 0 Å². The van der Waals surface area contributed by atoms with Gasteiger partial charge in [0.1, 0.15) is 18.0 Å². The van der Waals surface area contributed by atoms with Crippen LogP contribution in [0, 0.1) is 0 Å². The van der Waals surface area contributed by atoms with Crippen LogP contribution >= 0.6 is 0 Å². The smallest absolute Gasteiger partial charge is 0.231 e. The number of ketones is 1. The highest BCUT2D eigenvalue weighted by Crippen LogP contribution is 2.38. The van der Waals surface area contributed by atoms with Gasteiger partial charge in [-0.3, -0.25) is 4.79 Å². The highest BCUT2D eigenvalue weighted by Gasteiger charge is 2.31. The molecule has 2 heterocycles. The highest BCUT2D eigenvalue weighted by atomic mass is 16.5. The molecule has 0 unspecified atom stereocenters. The van der Waals surface area contributed by atoms with E-state index in [1.165, 1.54) is 23.8 Å². The van der Waals surface area contributed by atoms with Gasteiger partial charge in [-0.05, 0) is 29.8 Å². The number of likely N-dealkylation sites (tertiary alicyclic amines) is 1. The lowest BCUT2D eigenvalue weighted by Crippen LogP contribution is -3.08. The van der Waals surface area contributed by atoms with Crippen LogP contribution in [0.25, 0.3) is 6.08 Å². The number of allylic oxidation sites excluding steroid dienone is 1. The summed E-state index contributed by atoms with van der Waals surface area (Å²) >= 11 is 0. The summed E-state index contributed by atoms with van der Waals surface area (Å²) in [5, 5.41) is 12.4. The number of fused-ring (bicyclic) bond motifs is 1. The molecular weight excluding hydrogens is 330 g/mol. The number of quaternary nitrogens is 1. The molecule has 2 aromatic rings. The Morgan fingerprint density at radius 3 is 2.58 bits per heavy atom. The summed E-state index contributed by atoms with van der Waals surface area (Å²) in [4.78, 5) is 14.1. The van der Waals surface area contributed by atoms with Crippen molar-refractivity contribution in [3.63, 3.8) is 0 Å².